The molecule has 3 N–H and O–H groups in total. The molecule has 9 heteroatoms. The van der Waals surface area contributed by atoms with E-state index in [9.17, 15) is 4.79 Å². The molecule has 0 bridgehead atoms. The smallest absolute Gasteiger partial charge is 0.225 e. The normalized spacial score (nSPS) is 15.7. The topological polar surface area (TPSA) is 87.6 Å². The van der Waals surface area contributed by atoms with Gasteiger partial charge in [0.1, 0.15) is 6.61 Å². The molecular weight excluding hydrogens is 493 g/mol. The van der Waals surface area contributed by atoms with Crippen LogP contribution in [0.3, 0.4) is 0 Å². The third-order valence-corrected chi connectivity index (χ3v) is 4.41. The molecule has 0 saturated heterocycles. The van der Waals surface area contributed by atoms with E-state index in [1.54, 1.807) is 25.4 Å². The fraction of sp³-hybridized carbons (Fsp3) is 0.316. The summed E-state index contributed by atoms with van der Waals surface area (Å²) >= 11 is 5.79. The Kier molecular flexibility index (Phi) is 8.78. The number of fused-ring (bicyclic) bond motifs is 1. The lowest BCUT2D eigenvalue weighted by Crippen LogP contribution is -2.42. The quantitative estimate of drug-likeness (QED) is 0.238. The average molecular weight is 516 g/mol. The molecule has 150 valence electrons. The number of pyridine rings is 1. The summed E-state index contributed by atoms with van der Waals surface area (Å²) < 4.78 is 5.54. The number of rotatable bonds is 6. The number of amides is 1. The zero-order valence-electron chi connectivity index (χ0n) is 15.4. The molecule has 0 radical (unpaired) electrons. The summed E-state index contributed by atoms with van der Waals surface area (Å²) in [5.41, 5.74) is 2.02. The molecule has 1 aliphatic rings. The van der Waals surface area contributed by atoms with Crippen molar-refractivity contribution in [3.05, 3.63) is 53.2 Å². The van der Waals surface area contributed by atoms with Crippen molar-refractivity contribution in [1.82, 2.24) is 15.6 Å². The molecule has 1 atom stereocenters. The molecule has 1 aliphatic heterocycles. The Labute approximate surface area is 186 Å². The molecular formula is C19H23ClIN5O2. The Balaban J connectivity index is 0.00000280. The Morgan fingerprint density at radius 2 is 2.14 bits per heavy atom. The first-order chi connectivity index (χ1) is 13.2. The van der Waals surface area contributed by atoms with Crippen LogP contribution >= 0.6 is 35.6 Å². The van der Waals surface area contributed by atoms with Crippen molar-refractivity contribution in [1.29, 1.82) is 0 Å². The number of nitrogens with zero attached hydrogens (tertiary/aromatic N) is 2. The number of nitrogens with one attached hydrogen (secondary N) is 3. The van der Waals surface area contributed by atoms with Crippen LogP contribution in [0.15, 0.2) is 47.6 Å². The fourth-order valence-electron chi connectivity index (χ4n) is 2.90. The lowest BCUT2D eigenvalue weighted by molar-refractivity contribution is -0.116. The predicted octanol–water partition coefficient (Wildman–Crippen LogP) is 3.02. The van der Waals surface area contributed by atoms with E-state index in [4.69, 9.17) is 16.3 Å². The van der Waals surface area contributed by atoms with Gasteiger partial charge < -0.3 is 20.7 Å². The second kappa shape index (κ2) is 11.1. The number of halogens is 2. The van der Waals surface area contributed by atoms with Crippen LogP contribution < -0.4 is 20.7 Å². The number of hydrogen-bond acceptors (Lipinski definition) is 4. The summed E-state index contributed by atoms with van der Waals surface area (Å²) in [4.78, 5) is 20.2. The molecule has 1 unspecified atom stereocenters. The van der Waals surface area contributed by atoms with Crippen LogP contribution in [0.4, 0.5) is 5.69 Å². The van der Waals surface area contributed by atoms with Crippen LogP contribution in [-0.2, 0) is 4.79 Å². The maximum absolute atomic E-state index is 11.9. The number of guanidine groups is 1. The monoisotopic (exact) mass is 515 g/mol. The number of aromatic nitrogens is 1. The summed E-state index contributed by atoms with van der Waals surface area (Å²) in [5, 5.41) is 9.94. The Bertz CT molecular complexity index is 816. The molecule has 1 aromatic carbocycles. The highest BCUT2D eigenvalue weighted by molar-refractivity contribution is 14.0. The van der Waals surface area contributed by atoms with Gasteiger partial charge in [0.15, 0.2) is 5.96 Å². The summed E-state index contributed by atoms with van der Waals surface area (Å²) in [6, 6.07) is 11.3. The number of carbonyl (C=O) groups excluding carboxylic acids is 1. The van der Waals surface area contributed by atoms with Crippen molar-refractivity contribution >= 4 is 53.1 Å². The van der Waals surface area contributed by atoms with Crippen molar-refractivity contribution < 1.29 is 9.53 Å². The Morgan fingerprint density at radius 3 is 2.89 bits per heavy atom. The highest BCUT2D eigenvalue weighted by Gasteiger charge is 2.24. The van der Waals surface area contributed by atoms with Gasteiger partial charge in [-0.3, -0.25) is 9.79 Å². The van der Waals surface area contributed by atoms with Gasteiger partial charge in [-0.2, -0.15) is 0 Å². The lowest BCUT2D eigenvalue weighted by atomic mass is 9.90. The minimum atomic E-state index is 0. The first kappa shape index (κ1) is 22.2. The summed E-state index contributed by atoms with van der Waals surface area (Å²) in [5.74, 6) is 1.32. The second-order valence-electron chi connectivity index (χ2n) is 6.08. The minimum absolute atomic E-state index is 0. The third-order valence-electron chi connectivity index (χ3n) is 4.19. The van der Waals surface area contributed by atoms with Crippen molar-refractivity contribution in [2.75, 3.05) is 32.1 Å². The van der Waals surface area contributed by atoms with E-state index < -0.39 is 0 Å². The summed E-state index contributed by atoms with van der Waals surface area (Å²) in [6.45, 7) is 1.61. The SMILES string of the molecule is CN=C(NCCOc1ccc(Cl)cn1)NCC1CC(=O)Nc2ccccc21.I. The average Bonchev–Trinajstić information content (AvgIpc) is 2.68. The summed E-state index contributed by atoms with van der Waals surface area (Å²) in [6.07, 6.45) is 2.00. The number of benzene rings is 1. The lowest BCUT2D eigenvalue weighted by Gasteiger charge is -2.26. The van der Waals surface area contributed by atoms with E-state index in [0.29, 0.717) is 43.0 Å². The molecule has 7 nitrogen and oxygen atoms in total. The zero-order valence-corrected chi connectivity index (χ0v) is 18.5. The van der Waals surface area contributed by atoms with Gasteiger partial charge in [0, 0.05) is 43.9 Å². The van der Waals surface area contributed by atoms with Crippen molar-refractivity contribution in [3.63, 3.8) is 0 Å². The molecule has 1 amide bonds. The largest absolute Gasteiger partial charge is 0.476 e. The second-order valence-corrected chi connectivity index (χ2v) is 6.52. The van der Waals surface area contributed by atoms with Crippen LogP contribution in [0.2, 0.25) is 5.02 Å². The summed E-state index contributed by atoms with van der Waals surface area (Å²) in [7, 11) is 1.71. The van der Waals surface area contributed by atoms with Crippen LogP contribution in [0.1, 0.15) is 17.9 Å². The van der Waals surface area contributed by atoms with Crippen LogP contribution in [0, 0.1) is 0 Å². The fourth-order valence-corrected chi connectivity index (χ4v) is 3.01. The maximum Gasteiger partial charge on any atom is 0.225 e. The van der Waals surface area contributed by atoms with E-state index in [-0.39, 0.29) is 35.8 Å². The van der Waals surface area contributed by atoms with Gasteiger partial charge in [-0.25, -0.2) is 4.98 Å². The number of anilines is 1. The van der Waals surface area contributed by atoms with Gasteiger partial charge >= 0.3 is 0 Å². The van der Waals surface area contributed by atoms with Gasteiger partial charge in [-0.1, -0.05) is 29.8 Å². The molecule has 0 fully saturated rings. The Morgan fingerprint density at radius 1 is 1.32 bits per heavy atom. The molecule has 2 aromatic rings. The van der Waals surface area contributed by atoms with E-state index in [1.165, 1.54) is 0 Å². The van der Waals surface area contributed by atoms with Crippen LogP contribution in [-0.4, -0.2) is 43.6 Å². The van der Waals surface area contributed by atoms with Gasteiger partial charge in [0.25, 0.3) is 0 Å². The van der Waals surface area contributed by atoms with Gasteiger partial charge in [-0.05, 0) is 17.7 Å². The molecule has 0 aliphatic carbocycles. The van der Waals surface area contributed by atoms with E-state index in [1.807, 2.05) is 24.3 Å². The number of para-hydroxylation sites is 1. The first-order valence-electron chi connectivity index (χ1n) is 8.73. The number of hydrogen-bond donors (Lipinski definition) is 3. The van der Waals surface area contributed by atoms with Crippen molar-refractivity contribution in [2.45, 2.75) is 12.3 Å². The number of aliphatic imine (C=N–C) groups is 1. The molecule has 3 rings (SSSR count). The van der Waals surface area contributed by atoms with Gasteiger partial charge in [0.2, 0.25) is 11.8 Å². The van der Waals surface area contributed by atoms with Crippen LogP contribution in [0.5, 0.6) is 5.88 Å². The molecule has 1 aromatic heterocycles. The molecule has 0 spiro atoms. The van der Waals surface area contributed by atoms with Gasteiger partial charge in [0.05, 0.1) is 11.6 Å². The predicted molar refractivity (Wildman–Crippen MR) is 122 cm³/mol. The molecule has 0 saturated carbocycles. The molecule has 28 heavy (non-hydrogen) atoms. The van der Waals surface area contributed by atoms with Crippen molar-refractivity contribution in [2.24, 2.45) is 4.99 Å². The molecule has 2 heterocycles. The van der Waals surface area contributed by atoms with Gasteiger partial charge in [-0.15, -0.1) is 24.0 Å². The van der Waals surface area contributed by atoms with Crippen LogP contribution in [0.25, 0.3) is 0 Å². The highest BCUT2D eigenvalue weighted by Crippen LogP contribution is 2.31. The maximum atomic E-state index is 11.9. The number of ether oxygens (including phenoxy) is 1. The Hall–Kier alpha value is -2.07. The van der Waals surface area contributed by atoms with Crippen molar-refractivity contribution in [3.8, 4) is 5.88 Å². The minimum Gasteiger partial charge on any atom is -0.476 e. The zero-order chi connectivity index (χ0) is 19.1. The first-order valence-corrected chi connectivity index (χ1v) is 9.11. The number of carbonyl (C=O) groups is 1. The van der Waals surface area contributed by atoms with E-state index in [0.717, 1.165) is 11.3 Å². The highest BCUT2D eigenvalue weighted by atomic mass is 127. The third kappa shape index (κ3) is 6.23. The standard InChI is InChI=1S/C19H22ClN5O2.HI/c1-21-19(22-8-9-27-18-7-6-14(20)12-23-18)24-11-13-10-17(26)25-16-5-3-2-4-15(13)16;/h2-7,12-13H,8-11H2,1H3,(H,25,26)(H2,21,22,24);1H. The van der Waals surface area contributed by atoms with E-state index in [2.05, 4.69) is 25.9 Å². The van der Waals surface area contributed by atoms with E-state index >= 15 is 0 Å².